The molecule has 8 atom stereocenters. The van der Waals surface area contributed by atoms with Crippen LogP contribution in [0.1, 0.15) is 20.3 Å². The van der Waals surface area contributed by atoms with Crippen LogP contribution in [0.4, 0.5) is 0 Å². The first-order valence-corrected chi connectivity index (χ1v) is 9.31. The van der Waals surface area contributed by atoms with Crippen LogP contribution in [0, 0.1) is 0 Å². The largest absolute Gasteiger partial charge is 0.391 e. The highest BCUT2D eigenvalue weighted by atomic mass is 32.2. The molecule has 0 spiro atoms. The maximum Gasteiger partial charge on any atom is 0.237 e. The summed E-state index contributed by atoms with van der Waals surface area (Å²) in [6.45, 7) is 3.35. The molecule has 1 aliphatic rings. The molecule has 9 heteroatoms. The Morgan fingerprint density at radius 3 is 2.25 bits per heavy atom. The van der Waals surface area contributed by atoms with E-state index in [-0.39, 0.29) is 11.9 Å². The average molecular weight is 366 g/mol. The molecule has 1 saturated heterocycles. The molecule has 5 N–H and O–H groups in total. The highest BCUT2D eigenvalue weighted by Gasteiger charge is 2.48. The van der Waals surface area contributed by atoms with Crippen LogP contribution in [0.2, 0.25) is 0 Å². The second kappa shape index (κ2) is 9.33. The van der Waals surface area contributed by atoms with E-state index in [2.05, 4.69) is 5.32 Å². The van der Waals surface area contributed by atoms with E-state index in [1.807, 2.05) is 6.92 Å². The Labute approximate surface area is 147 Å². The summed E-state index contributed by atoms with van der Waals surface area (Å²) in [6.07, 6.45) is -3.87. The monoisotopic (exact) mass is 366 g/mol. The number of aliphatic hydroxyl groups is 4. The molecule has 0 saturated carbocycles. The number of carbonyl (C=O) groups is 1. The van der Waals surface area contributed by atoms with Crippen molar-refractivity contribution in [1.82, 2.24) is 10.2 Å². The van der Waals surface area contributed by atoms with E-state index in [9.17, 15) is 25.2 Å². The normalized spacial score (nSPS) is 34.7. The molecule has 1 fully saturated rings. The maximum atomic E-state index is 12.5. The van der Waals surface area contributed by atoms with Crippen molar-refractivity contribution in [3.05, 3.63) is 0 Å². The third-order valence-electron chi connectivity index (χ3n) is 4.33. The number of nitrogens with zero attached hydrogens (tertiary/aromatic N) is 1. The molecule has 0 radical (unpaired) electrons. The summed E-state index contributed by atoms with van der Waals surface area (Å²) in [5.74, 6) is -0.300. The fraction of sp³-hybridized carbons (Fsp3) is 0.933. The third-order valence-corrected chi connectivity index (χ3v) is 5.19. The highest BCUT2D eigenvalue weighted by molar-refractivity contribution is 7.99. The van der Waals surface area contributed by atoms with Crippen molar-refractivity contribution >= 4 is 17.7 Å². The summed E-state index contributed by atoms with van der Waals surface area (Å²) in [4.78, 5) is 14.2. The quantitative estimate of drug-likeness (QED) is 0.364. The predicted octanol–water partition coefficient (Wildman–Crippen LogP) is -1.64. The predicted molar refractivity (Wildman–Crippen MR) is 91.6 cm³/mol. The Hall–Kier alpha value is -0.420. The molecular weight excluding hydrogens is 336 g/mol. The fourth-order valence-corrected chi connectivity index (χ4v) is 3.57. The van der Waals surface area contributed by atoms with Crippen molar-refractivity contribution in [2.45, 2.75) is 68.3 Å². The lowest BCUT2D eigenvalue weighted by Gasteiger charge is -2.44. The van der Waals surface area contributed by atoms with Gasteiger partial charge in [0.05, 0.1) is 18.2 Å². The highest BCUT2D eigenvalue weighted by Crippen LogP contribution is 2.29. The van der Waals surface area contributed by atoms with Crippen LogP contribution in [-0.4, -0.2) is 99.6 Å². The molecule has 1 rings (SSSR count). The summed E-state index contributed by atoms with van der Waals surface area (Å²) in [6, 6.07) is -1.31. The van der Waals surface area contributed by atoms with E-state index in [0.717, 1.165) is 0 Å². The minimum Gasteiger partial charge on any atom is -0.391 e. The van der Waals surface area contributed by atoms with Gasteiger partial charge in [-0.2, -0.15) is 0 Å². The second-order valence-electron chi connectivity index (χ2n) is 6.34. The molecule has 142 valence electrons. The summed E-state index contributed by atoms with van der Waals surface area (Å²) < 4.78 is 5.64. The van der Waals surface area contributed by atoms with Gasteiger partial charge in [0.25, 0.3) is 0 Å². The van der Waals surface area contributed by atoms with E-state index in [1.54, 1.807) is 25.3 Å². The average Bonchev–Trinajstić information content (AvgIpc) is 2.51. The zero-order valence-corrected chi connectivity index (χ0v) is 15.6. The lowest BCUT2D eigenvalue weighted by molar-refractivity contribution is -0.211. The number of aliphatic hydroxyl groups excluding tert-OH is 4. The lowest BCUT2D eigenvalue weighted by atomic mass is 9.92. The van der Waals surface area contributed by atoms with Crippen molar-refractivity contribution in [3.8, 4) is 0 Å². The van der Waals surface area contributed by atoms with Gasteiger partial charge in [-0.25, -0.2) is 0 Å². The molecule has 1 amide bonds. The first-order valence-electron chi connectivity index (χ1n) is 8.02. The van der Waals surface area contributed by atoms with Gasteiger partial charge < -0.3 is 30.5 Å². The van der Waals surface area contributed by atoms with Gasteiger partial charge in [-0.3, -0.25) is 9.69 Å². The van der Waals surface area contributed by atoms with Crippen molar-refractivity contribution in [1.29, 1.82) is 0 Å². The summed E-state index contributed by atoms with van der Waals surface area (Å²) in [5, 5.41) is 43.0. The third kappa shape index (κ3) is 4.81. The van der Waals surface area contributed by atoms with Gasteiger partial charge in [0.15, 0.2) is 0 Å². The van der Waals surface area contributed by atoms with E-state index in [4.69, 9.17) is 4.74 Å². The Kier molecular flexibility index (Phi) is 8.40. The Bertz CT molecular complexity index is 409. The van der Waals surface area contributed by atoms with Gasteiger partial charge in [-0.05, 0) is 33.7 Å². The van der Waals surface area contributed by atoms with Gasteiger partial charge in [0.1, 0.15) is 29.9 Å². The number of likely N-dealkylation sites (N-methyl/N-ethyl adjacent to an activating group) is 1. The van der Waals surface area contributed by atoms with Gasteiger partial charge >= 0.3 is 0 Å². The Morgan fingerprint density at radius 2 is 1.83 bits per heavy atom. The van der Waals surface area contributed by atoms with Crippen molar-refractivity contribution < 1.29 is 30.0 Å². The Balaban J connectivity index is 2.96. The van der Waals surface area contributed by atoms with E-state index >= 15 is 0 Å². The van der Waals surface area contributed by atoms with Crippen LogP contribution in [-0.2, 0) is 9.53 Å². The van der Waals surface area contributed by atoms with Crippen LogP contribution in [0.3, 0.4) is 0 Å². The number of ether oxygens (including phenoxy) is 1. The number of carbonyl (C=O) groups excluding carboxylic acids is 1. The van der Waals surface area contributed by atoms with Gasteiger partial charge in [-0.1, -0.05) is 6.92 Å². The first kappa shape index (κ1) is 21.6. The maximum absolute atomic E-state index is 12.5. The topological polar surface area (TPSA) is 122 Å². The summed E-state index contributed by atoms with van der Waals surface area (Å²) in [5.41, 5.74) is -0.762. The number of rotatable bonds is 7. The van der Waals surface area contributed by atoms with E-state index < -0.39 is 42.0 Å². The van der Waals surface area contributed by atoms with Crippen LogP contribution in [0.15, 0.2) is 0 Å². The fourth-order valence-electron chi connectivity index (χ4n) is 2.89. The number of hydrogen-bond acceptors (Lipinski definition) is 8. The van der Waals surface area contributed by atoms with Crippen LogP contribution in [0.5, 0.6) is 0 Å². The van der Waals surface area contributed by atoms with Gasteiger partial charge in [-0.15, -0.1) is 11.8 Å². The van der Waals surface area contributed by atoms with Crippen LogP contribution < -0.4 is 5.32 Å². The van der Waals surface area contributed by atoms with Crippen molar-refractivity contribution in [2.75, 3.05) is 20.4 Å². The number of hydrogen-bond donors (Lipinski definition) is 5. The zero-order chi connectivity index (χ0) is 18.6. The molecule has 1 aliphatic heterocycles. The van der Waals surface area contributed by atoms with Crippen LogP contribution >= 0.6 is 11.8 Å². The SMILES string of the molecule is CCC(C(=O)NC(C1O[C@H](SC)[C@H](O)[C@@H](O)C1O)[C@H](C)O)N(C)C. The standard InChI is InChI=1S/C15H30N2O6S/c1-6-8(17(3)4)14(22)16-9(7(2)18)13-11(20)10(19)12(21)15(23-13)24-5/h7-13,15,18-21H,6H2,1-5H3,(H,16,22)/t7-,8?,9?,10-,11?,12+,13?,15+/m0/s1. The van der Waals surface area contributed by atoms with E-state index in [0.29, 0.717) is 6.42 Å². The molecule has 8 nitrogen and oxygen atoms in total. The lowest BCUT2D eigenvalue weighted by Crippen LogP contribution is -2.65. The summed E-state index contributed by atoms with van der Waals surface area (Å²) >= 11 is 1.18. The molecule has 4 unspecified atom stereocenters. The second-order valence-corrected chi connectivity index (χ2v) is 7.28. The summed E-state index contributed by atoms with van der Waals surface area (Å²) in [7, 11) is 3.56. The molecule has 0 aromatic heterocycles. The van der Waals surface area contributed by atoms with E-state index in [1.165, 1.54) is 18.7 Å². The first-order chi connectivity index (χ1) is 11.1. The molecule has 0 bridgehead atoms. The van der Waals surface area contributed by atoms with Gasteiger partial charge in [0, 0.05) is 0 Å². The molecule has 1 heterocycles. The number of thioether (sulfide) groups is 1. The Morgan fingerprint density at radius 1 is 1.25 bits per heavy atom. The van der Waals surface area contributed by atoms with Crippen LogP contribution in [0.25, 0.3) is 0 Å². The smallest absolute Gasteiger partial charge is 0.237 e. The van der Waals surface area contributed by atoms with Crippen molar-refractivity contribution in [2.24, 2.45) is 0 Å². The number of amides is 1. The molecule has 0 aromatic carbocycles. The molecule has 24 heavy (non-hydrogen) atoms. The minimum atomic E-state index is -1.43. The molecular formula is C15H30N2O6S. The molecule has 0 aromatic rings. The minimum absolute atomic E-state index is 0.300. The van der Waals surface area contributed by atoms with Gasteiger partial charge in [0.2, 0.25) is 5.91 Å². The van der Waals surface area contributed by atoms with Crippen molar-refractivity contribution in [3.63, 3.8) is 0 Å². The number of nitrogens with one attached hydrogen (secondary N) is 1. The molecule has 0 aliphatic carbocycles. The zero-order valence-electron chi connectivity index (χ0n) is 14.8.